The SMILES string of the molecule is CC(=O)Nc1ccc(NC(=O)C2CSCN2)cc1Cl. The Kier molecular flexibility index (Phi) is 4.68. The van der Waals surface area contributed by atoms with Gasteiger partial charge in [-0.05, 0) is 18.2 Å². The second-order valence-electron chi connectivity index (χ2n) is 4.14. The number of hydrogen-bond donors (Lipinski definition) is 3. The molecule has 1 unspecified atom stereocenters. The van der Waals surface area contributed by atoms with Crippen LogP contribution in [0.25, 0.3) is 0 Å². The molecule has 0 bridgehead atoms. The van der Waals surface area contributed by atoms with Gasteiger partial charge in [0.2, 0.25) is 11.8 Å². The Morgan fingerprint density at radius 1 is 1.42 bits per heavy atom. The first-order chi connectivity index (χ1) is 9.06. The molecule has 102 valence electrons. The maximum absolute atomic E-state index is 11.9. The maximum Gasteiger partial charge on any atom is 0.242 e. The molecular weight excluding hydrogens is 286 g/mol. The molecule has 0 saturated carbocycles. The van der Waals surface area contributed by atoms with Gasteiger partial charge in [0.05, 0.1) is 16.8 Å². The van der Waals surface area contributed by atoms with Gasteiger partial charge in [-0.1, -0.05) is 11.6 Å². The van der Waals surface area contributed by atoms with E-state index >= 15 is 0 Å². The Morgan fingerprint density at radius 2 is 2.21 bits per heavy atom. The Balaban J connectivity index is 2.03. The number of benzene rings is 1. The van der Waals surface area contributed by atoms with Gasteiger partial charge in [-0.25, -0.2) is 0 Å². The molecule has 1 saturated heterocycles. The number of halogens is 1. The summed E-state index contributed by atoms with van der Waals surface area (Å²) in [6.07, 6.45) is 0. The summed E-state index contributed by atoms with van der Waals surface area (Å²) in [5, 5.41) is 8.88. The van der Waals surface area contributed by atoms with Crippen molar-refractivity contribution in [3.05, 3.63) is 23.2 Å². The fourth-order valence-electron chi connectivity index (χ4n) is 1.68. The molecule has 19 heavy (non-hydrogen) atoms. The fourth-order valence-corrected chi connectivity index (χ4v) is 2.85. The number of nitrogens with one attached hydrogen (secondary N) is 3. The number of rotatable bonds is 3. The van der Waals surface area contributed by atoms with E-state index in [2.05, 4.69) is 16.0 Å². The van der Waals surface area contributed by atoms with E-state index in [0.29, 0.717) is 16.4 Å². The fraction of sp³-hybridized carbons (Fsp3) is 0.333. The van der Waals surface area contributed by atoms with E-state index in [-0.39, 0.29) is 17.9 Å². The first kappa shape index (κ1) is 14.2. The molecule has 7 heteroatoms. The van der Waals surface area contributed by atoms with Gasteiger partial charge in [-0.15, -0.1) is 11.8 Å². The lowest BCUT2D eigenvalue weighted by molar-refractivity contribution is -0.117. The number of hydrogen-bond acceptors (Lipinski definition) is 4. The summed E-state index contributed by atoms with van der Waals surface area (Å²) in [7, 11) is 0. The molecule has 5 nitrogen and oxygen atoms in total. The third-order valence-electron chi connectivity index (χ3n) is 2.58. The van der Waals surface area contributed by atoms with Crippen molar-refractivity contribution in [2.45, 2.75) is 13.0 Å². The molecule has 0 aliphatic carbocycles. The highest BCUT2D eigenvalue weighted by Gasteiger charge is 2.22. The minimum Gasteiger partial charge on any atom is -0.325 e. The molecule has 1 aromatic rings. The molecule has 1 aliphatic heterocycles. The molecule has 1 fully saturated rings. The number of carbonyl (C=O) groups excluding carboxylic acids is 2. The second-order valence-corrected chi connectivity index (χ2v) is 5.57. The van der Waals surface area contributed by atoms with E-state index in [9.17, 15) is 9.59 Å². The Morgan fingerprint density at radius 3 is 2.79 bits per heavy atom. The second kappa shape index (κ2) is 6.27. The van der Waals surface area contributed by atoms with Crippen LogP contribution in [0.4, 0.5) is 11.4 Å². The van der Waals surface area contributed by atoms with Gasteiger partial charge < -0.3 is 10.6 Å². The molecule has 0 radical (unpaired) electrons. The molecule has 1 aromatic carbocycles. The van der Waals surface area contributed by atoms with Crippen molar-refractivity contribution < 1.29 is 9.59 Å². The van der Waals surface area contributed by atoms with Crippen LogP contribution in [0.15, 0.2) is 18.2 Å². The number of thioether (sulfide) groups is 1. The first-order valence-corrected chi connectivity index (χ1v) is 7.28. The summed E-state index contributed by atoms with van der Waals surface area (Å²) in [4.78, 5) is 22.8. The lowest BCUT2D eigenvalue weighted by Crippen LogP contribution is -2.37. The molecule has 1 aliphatic rings. The van der Waals surface area contributed by atoms with Gasteiger partial charge in [0.15, 0.2) is 0 Å². The molecule has 0 spiro atoms. The molecule has 1 atom stereocenters. The molecule has 0 aromatic heterocycles. The minimum absolute atomic E-state index is 0.0756. The monoisotopic (exact) mass is 299 g/mol. The standard InChI is InChI=1S/C12H14ClN3O2S/c1-7(17)15-10-3-2-8(4-9(10)13)16-12(18)11-5-19-6-14-11/h2-4,11,14H,5-6H2,1H3,(H,15,17)(H,16,18). The van der Waals surface area contributed by atoms with Gasteiger partial charge in [-0.3, -0.25) is 14.9 Å². The zero-order valence-corrected chi connectivity index (χ0v) is 11.9. The molecule has 1 heterocycles. The van der Waals surface area contributed by atoms with Crippen LogP contribution in [-0.2, 0) is 9.59 Å². The zero-order valence-electron chi connectivity index (χ0n) is 10.3. The van der Waals surface area contributed by atoms with Crippen LogP contribution in [0.5, 0.6) is 0 Å². The highest BCUT2D eigenvalue weighted by molar-refractivity contribution is 7.99. The molecular formula is C12H14ClN3O2S. The van der Waals surface area contributed by atoms with E-state index in [1.165, 1.54) is 6.92 Å². The van der Waals surface area contributed by atoms with Crippen LogP contribution in [0, 0.1) is 0 Å². The molecule has 3 N–H and O–H groups in total. The Hall–Kier alpha value is -1.24. The van der Waals surface area contributed by atoms with Gasteiger partial charge in [0.25, 0.3) is 0 Å². The predicted octanol–water partition coefficient (Wildman–Crippen LogP) is 1.90. The van der Waals surface area contributed by atoms with Crippen LogP contribution in [-0.4, -0.2) is 29.5 Å². The normalized spacial score (nSPS) is 18.1. The van der Waals surface area contributed by atoms with E-state index in [1.54, 1.807) is 30.0 Å². The van der Waals surface area contributed by atoms with Crippen molar-refractivity contribution in [3.63, 3.8) is 0 Å². The maximum atomic E-state index is 11.9. The summed E-state index contributed by atoms with van der Waals surface area (Å²) in [6.45, 7) is 1.41. The lowest BCUT2D eigenvalue weighted by atomic mass is 10.2. The largest absolute Gasteiger partial charge is 0.325 e. The Labute approximate surface area is 120 Å². The van der Waals surface area contributed by atoms with Crippen LogP contribution < -0.4 is 16.0 Å². The van der Waals surface area contributed by atoms with Crippen molar-refractivity contribution >= 4 is 46.6 Å². The van der Waals surface area contributed by atoms with E-state index in [4.69, 9.17) is 11.6 Å². The minimum atomic E-state index is -0.189. The van der Waals surface area contributed by atoms with Crippen molar-refractivity contribution in [3.8, 4) is 0 Å². The van der Waals surface area contributed by atoms with E-state index in [1.807, 2.05) is 0 Å². The number of amides is 2. The highest BCUT2D eigenvalue weighted by Crippen LogP contribution is 2.25. The lowest BCUT2D eigenvalue weighted by Gasteiger charge is -2.12. The molecule has 2 rings (SSSR count). The van der Waals surface area contributed by atoms with Crippen molar-refractivity contribution in [2.75, 3.05) is 22.3 Å². The van der Waals surface area contributed by atoms with Crippen molar-refractivity contribution in [1.29, 1.82) is 0 Å². The number of anilines is 2. The highest BCUT2D eigenvalue weighted by atomic mass is 35.5. The Bertz CT molecular complexity index is 504. The average Bonchev–Trinajstić information content (AvgIpc) is 2.86. The smallest absolute Gasteiger partial charge is 0.242 e. The summed E-state index contributed by atoms with van der Waals surface area (Å²) in [5.74, 6) is 1.29. The first-order valence-electron chi connectivity index (χ1n) is 5.75. The predicted molar refractivity (Wildman–Crippen MR) is 78.6 cm³/mol. The summed E-state index contributed by atoms with van der Waals surface area (Å²) < 4.78 is 0. The van der Waals surface area contributed by atoms with E-state index < -0.39 is 0 Å². The third-order valence-corrected chi connectivity index (χ3v) is 3.83. The average molecular weight is 300 g/mol. The van der Waals surface area contributed by atoms with Gasteiger partial charge in [0, 0.05) is 24.2 Å². The van der Waals surface area contributed by atoms with E-state index in [0.717, 1.165) is 11.6 Å². The van der Waals surface area contributed by atoms with Gasteiger partial charge >= 0.3 is 0 Å². The van der Waals surface area contributed by atoms with Crippen molar-refractivity contribution in [1.82, 2.24) is 5.32 Å². The summed E-state index contributed by atoms with van der Waals surface area (Å²) in [5.41, 5.74) is 1.14. The quantitative estimate of drug-likeness (QED) is 0.797. The van der Waals surface area contributed by atoms with Crippen LogP contribution >= 0.6 is 23.4 Å². The van der Waals surface area contributed by atoms with Crippen molar-refractivity contribution in [2.24, 2.45) is 0 Å². The third kappa shape index (κ3) is 3.86. The van der Waals surface area contributed by atoms with Crippen LogP contribution in [0.2, 0.25) is 5.02 Å². The van der Waals surface area contributed by atoms with Gasteiger partial charge in [0.1, 0.15) is 0 Å². The summed E-state index contributed by atoms with van der Waals surface area (Å²) in [6, 6.07) is 4.82. The van der Waals surface area contributed by atoms with Gasteiger partial charge in [-0.2, -0.15) is 0 Å². The number of carbonyl (C=O) groups is 2. The summed E-state index contributed by atoms with van der Waals surface area (Å²) >= 11 is 7.72. The topological polar surface area (TPSA) is 70.2 Å². The van der Waals surface area contributed by atoms with Crippen LogP contribution in [0.1, 0.15) is 6.92 Å². The zero-order chi connectivity index (χ0) is 13.8. The molecule has 2 amide bonds. The van der Waals surface area contributed by atoms with Crippen LogP contribution in [0.3, 0.4) is 0 Å².